The maximum atomic E-state index is 12.7. The summed E-state index contributed by atoms with van der Waals surface area (Å²) in [7, 11) is 0. The molecule has 0 atom stereocenters. The van der Waals surface area contributed by atoms with Crippen LogP contribution >= 0.6 is 11.6 Å². The molecule has 2 aromatic carbocycles. The van der Waals surface area contributed by atoms with Gasteiger partial charge in [-0.1, -0.05) is 35.9 Å². The Balaban J connectivity index is 1.36. The first kappa shape index (κ1) is 21.1. The molecule has 0 N–H and O–H groups in total. The van der Waals surface area contributed by atoms with Gasteiger partial charge in [-0.25, -0.2) is 4.68 Å². The molecule has 6 nitrogen and oxygen atoms in total. The maximum Gasteiger partial charge on any atom is 0.266 e. The third-order valence-corrected chi connectivity index (χ3v) is 5.76. The number of piperazine rings is 1. The molecule has 0 unspecified atom stereocenters. The number of aromatic nitrogens is 2. The summed E-state index contributed by atoms with van der Waals surface area (Å²) < 4.78 is 1.36. The molecule has 1 amide bonds. The predicted octanol–water partition coefficient (Wildman–Crippen LogP) is 3.61. The zero-order valence-electron chi connectivity index (χ0n) is 17.5. The molecule has 160 valence electrons. The third kappa shape index (κ3) is 5.14. The Labute approximate surface area is 186 Å². The van der Waals surface area contributed by atoms with E-state index in [0.717, 1.165) is 18.7 Å². The zero-order valence-corrected chi connectivity index (χ0v) is 18.3. The van der Waals surface area contributed by atoms with Crippen LogP contribution in [0.2, 0.25) is 5.02 Å². The lowest BCUT2D eigenvalue weighted by atomic mass is 10.1. The predicted molar refractivity (Wildman–Crippen MR) is 124 cm³/mol. The van der Waals surface area contributed by atoms with Crippen molar-refractivity contribution in [3.8, 4) is 11.3 Å². The molecule has 31 heavy (non-hydrogen) atoms. The molecular weight excluding hydrogens is 412 g/mol. The lowest BCUT2D eigenvalue weighted by molar-refractivity contribution is -0.131. The highest BCUT2D eigenvalue weighted by Crippen LogP contribution is 2.20. The Morgan fingerprint density at radius 1 is 1.00 bits per heavy atom. The van der Waals surface area contributed by atoms with Crippen molar-refractivity contribution < 1.29 is 4.79 Å². The number of hydrogen-bond donors (Lipinski definition) is 0. The number of carbonyl (C=O) groups excluding carboxylic acids is 1. The van der Waals surface area contributed by atoms with E-state index in [1.807, 2.05) is 17.0 Å². The van der Waals surface area contributed by atoms with Crippen LogP contribution in [0.1, 0.15) is 12.0 Å². The number of carbonyl (C=O) groups is 1. The molecule has 1 aliphatic rings. The van der Waals surface area contributed by atoms with Crippen LogP contribution in [0.3, 0.4) is 0 Å². The van der Waals surface area contributed by atoms with Gasteiger partial charge in [0.2, 0.25) is 5.91 Å². The summed E-state index contributed by atoms with van der Waals surface area (Å²) in [6, 6.07) is 18.9. The van der Waals surface area contributed by atoms with E-state index in [4.69, 9.17) is 11.6 Å². The van der Waals surface area contributed by atoms with Crippen molar-refractivity contribution in [1.82, 2.24) is 14.7 Å². The normalized spacial score (nSPS) is 14.0. The van der Waals surface area contributed by atoms with Crippen molar-refractivity contribution in [3.05, 3.63) is 81.6 Å². The Morgan fingerprint density at radius 2 is 1.77 bits per heavy atom. The van der Waals surface area contributed by atoms with E-state index in [0.29, 0.717) is 23.8 Å². The zero-order chi connectivity index (χ0) is 21.8. The molecule has 0 radical (unpaired) electrons. The molecule has 4 rings (SSSR count). The average molecular weight is 437 g/mol. The highest BCUT2D eigenvalue weighted by Gasteiger charge is 2.21. The summed E-state index contributed by atoms with van der Waals surface area (Å²) in [4.78, 5) is 29.1. The number of benzene rings is 2. The summed E-state index contributed by atoms with van der Waals surface area (Å²) >= 11 is 6.06. The number of hydrogen-bond acceptors (Lipinski definition) is 4. The summed E-state index contributed by atoms with van der Waals surface area (Å²) in [6.45, 7) is 5.30. The van der Waals surface area contributed by atoms with Gasteiger partial charge in [-0.05, 0) is 42.8 Å². The first-order chi connectivity index (χ1) is 15.0. The van der Waals surface area contributed by atoms with Gasteiger partial charge in [-0.3, -0.25) is 9.59 Å². The van der Waals surface area contributed by atoms with Crippen LogP contribution in [-0.4, -0.2) is 46.8 Å². The fourth-order valence-corrected chi connectivity index (χ4v) is 4.00. The summed E-state index contributed by atoms with van der Waals surface area (Å²) in [6.07, 6.45) is 0.246. The molecule has 3 aromatic rings. The number of aryl methyl sites for hydroxylation is 2. The van der Waals surface area contributed by atoms with E-state index in [-0.39, 0.29) is 24.4 Å². The minimum atomic E-state index is -0.220. The second-order valence-electron chi connectivity index (χ2n) is 7.75. The van der Waals surface area contributed by atoms with Crippen molar-refractivity contribution in [3.63, 3.8) is 0 Å². The number of halogens is 1. The van der Waals surface area contributed by atoms with Crippen LogP contribution in [0, 0.1) is 6.92 Å². The fourth-order valence-electron chi connectivity index (χ4n) is 3.81. The third-order valence-electron chi connectivity index (χ3n) is 5.52. The Kier molecular flexibility index (Phi) is 6.37. The van der Waals surface area contributed by atoms with E-state index in [1.165, 1.54) is 22.0 Å². The van der Waals surface area contributed by atoms with Gasteiger partial charge in [0.25, 0.3) is 5.56 Å². The monoisotopic (exact) mass is 436 g/mol. The van der Waals surface area contributed by atoms with E-state index < -0.39 is 0 Å². The van der Waals surface area contributed by atoms with Gasteiger partial charge in [0.05, 0.1) is 12.2 Å². The smallest absolute Gasteiger partial charge is 0.266 e. The van der Waals surface area contributed by atoms with Gasteiger partial charge < -0.3 is 9.80 Å². The fraction of sp³-hybridized carbons (Fsp3) is 0.292. The Hall–Kier alpha value is -3.12. The van der Waals surface area contributed by atoms with E-state index >= 15 is 0 Å². The van der Waals surface area contributed by atoms with Crippen molar-refractivity contribution in [2.45, 2.75) is 19.9 Å². The summed E-state index contributed by atoms with van der Waals surface area (Å²) in [5.41, 5.74) is 3.69. The summed E-state index contributed by atoms with van der Waals surface area (Å²) in [5.74, 6) is 0.0470. The maximum absolute atomic E-state index is 12.7. The molecule has 0 bridgehead atoms. The van der Waals surface area contributed by atoms with Crippen molar-refractivity contribution in [1.29, 1.82) is 0 Å². The van der Waals surface area contributed by atoms with Crippen molar-refractivity contribution in [2.24, 2.45) is 0 Å². The van der Waals surface area contributed by atoms with Gasteiger partial charge in [0, 0.05) is 54.9 Å². The highest BCUT2D eigenvalue weighted by molar-refractivity contribution is 6.30. The van der Waals surface area contributed by atoms with Crippen molar-refractivity contribution in [2.75, 3.05) is 31.1 Å². The molecule has 0 aliphatic carbocycles. The molecule has 1 saturated heterocycles. The SMILES string of the molecule is Cc1cccc(N2CCN(C(=O)CCn3nc(-c4cccc(Cl)c4)ccc3=O)CC2)c1. The van der Waals surface area contributed by atoms with Crippen LogP contribution in [-0.2, 0) is 11.3 Å². The number of nitrogens with zero attached hydrogens (tertiary/aromatic N) is 4. The topological polar surface area (TPSA) is 58.4 Å². The van der Waals surface area contributed by atoms with Crippen LogP contribution in [0.25, 0.3) is 11.3 Å². The largest absolute Gasteiger partial charge is 0.368 e. The number of rotatable bonds is 5. The van der Waals surface area contributed by atoms with Crippen LogP contribution in [0.15, 0.2) is 65.5 Å². The Bertz CT molecular complexity index is 1140. The van der Waals surface area contributed by atoms with Gasteiger partial charge in [-0.15, -0.1) is 0 Å². The number of amides is 1. The van der Waals surface area contributed by atoms with E-state index in [1.54, 1.807) is 18.2 Å². The quantitative estimate of drug-likeness (QED) is 0.613. The molecule has 0 spiro atoms. The van der Waals surface area contributed by atoms with Crippen LogP contribution in [0.4, 0.5) is 5.69 Å². The summed E-state index contributed by atoms with van der Waals surface area (Å²) in [5, 5.41) is 5.04. The van der Waals surface area contributed by atoms with Crippen LogP contribution < -0.4 is 10.5 Å². The van der Waals surface area contributed by atoms with Gasteiger partial charge >= 0.3 is 0 Å². The van der Waals surface area contributed by atoms with Gasteiger partial charge in [-0.2, -0.15) is 5.10 Å². The molecule has 7 heteroatoms. The lowest BCUT2D eigenvalue weighted by Gasteiger charge is -2.36. The van der Waals surface area contributed by atoms with Crippen LogP contribution in [0.5, 0.6) is 0 Å². The average Bonchev–Trinajstić information content (AvgIpc) is 2.78. The first-order valence-corrected chi connectivity index (χ1v) is 10.8. The van der Waals surface area contributed by atoms with Gasteiger partial charge in [0.1, 0.15) is 0 Å². The minimum Gasteiger partial charge on any atom is -0.368 e. The second kappa shape index (κ2) is 9.35. The second-order valence-corrected chi connectivity index (χ2v) is 8.18. The Morgan fingerprint density at radius 3 is 2.52 bits per heavy atom. The number of anilines is 1. The molecular formula is C24H25ClN4O2. The highest BCUT2D eigenvalue weighted by atomic mass is 35.5. The molecule has 0 saturated carbocycles. The molecule has 1 fully saturated rings. The van der Waals surface area contributed by atoms with E-state index in [9.17, 15) is 9.59 Å². The minimum absolute atomic E-state index is 0.0470. The lowest BCUT2D eigenvalue weighted by Crippen LogP contribution is -2.49. The first-order valence-electron chi connectivity index (χ1n) is 10.4. The molecule has 1 aliphatic heterocycles. The molecule has 1 aromatic heterocycles. The molecule has 2 heterocycles. The van der Waals surface area contributed by atoms with Gasteiger partial charge in [0.15, 0.2) is 0 Å². The van der Waals surface area contributed by atoms with E-state index in [2.05, 4.69) is 41.2 Å². The standard InChI is InChI=1S/C24H25ClN4O2/c1-18-4-2-7-21(16-18)27-12-14-28(15-13-27)23(30)10-11-29-24(31)9-8-22(26-29)19-5-3-6-20(25)17-19/h2-9,16-17H,10-15H2,1H3. The van der Waals surface area contributed by atoms with Crippen molar-refractivity contribution >= 4 is 23.2 Å².